The lowest BCUT2D eigenvalue weighted by Gasteiger charge is -2.09. The zero-order valence-corrected chi connectivity index (χ0v) is 11.1. The molecule has 2 rings (SSSR count). The number of aryl methyl sites for hydroxylation is 2. The minimum Gasteiger partial charge on any atom is -0.478 e. The number of rotatable bonds is 5. The van der Waals surface area contributed by atoms with E-state index in [-0.39, 0.29) is 0 Å². The van der Waals surface area contributed by atoms with E-state index in [1.165, 1.54) is 0 Å². The van der Waals surface area contributed by atoms with Gasteiger partial charge in [0.15, 0.2) is 0 Å². The Bertz CT molecular complexity index is 590. The van der Waals surface area contributed by atoms with Crippen molar-refractivity contribution in [2.75, 3.05) is 5.32 Å². The zero-order valence-electron chi connectivity index (χ0n) is 11.1. The van der Waals surface area contributed by atoms with Gasteiger partial charge in [-0.1, -0.05) is 0 Å². The van der Waals surface area contributed by atoms with Crippen molar-refractivity contribution in [3.63, 3.8) is 0 Å². The second kappa shape index (κ2) is 5.56. The van der Waals surface area contributed by atoms with Crippen molar-refractivity contribution < 1.29 is 9.90 Å². The summed E-state index contributed by atoms with van der Waals surface area (Å²) in [6.07, 6.45) is 3.82. The number of anilines is 1. The Balaban J connectivity index is 2.05. The van der Waals surface area contributed by atoms with Crippen molar-refractivity contribution in [3.05, 3.63) is 47.3 Å². The number of nitrogens with zero attached hydrogens (tertiary/aromatic N) is 2. The second-order valence-corrected chi connectivity index (χ2v) is 4.39. The minimum absolute atomic E-state index is 0.307. The average Bonchev–Trinajstić information content (AvgIpc) is 2.85. The molecule has 1 aromatic carbocycles. The van der Waals surface area contributed by atoms with Crippen LogP contribution in [0.3, 0.4) is 0 Å². The van der Waals surface area contributed by atoms with Crippen LogP contribution in [0.25, 0.3) is 0 Å². The SMILES string of the molecule is CCn1cc(CNc2ccc(C(=O)O)cc2C)cn1. The van der Waals surface area contributed by atoms with Gasteiger partial charge in [-0.05, 0) is 37.6 Å². The molecule has 0 fully saturated rings. The summed E-state index contributed by atoms with van der Waals surface area (Å²) in [5.41, 5.74) is 3.27. The number of carboxylic acids is 1. The lowest BCUT2D eigenvalue weighted by Crippen LogP contribution is -2.03. The highest BCUT2D eigenvalue weighted by atomic mass is 16.4. The van der Waals surface area contributed by atoms with E-state index in [2.05, 4.69) is 10.4 Å². The standard InChI is InChI=1S/C14H17N3O2/c1-3-17-9-11(8-16-17)7-15-13-5-4-12(14(18)19)6-10(13)2/h4-6,8-9,15H,3,7H2,1-2H3,(H,18,19). The van der Waals surface area contributed by atoms with Crippen LogP contribution in [0.4, 0.5) is 5.69 Å². The predicted octanol–water partition coefficient (Wildman–Crippen LogP) is 2.52. The van der Waals surface area contributed by atoms with Gasteiger partial charge in [-0.2, -0.15) is 5.10 Å². The second-order valence-electron chi connectivity index (χ2n) is 4.39. The van der Waals surface area contributed by atoms with Crippen LogP contribution in [0.5, 0.6) is 0 Å². The molecular formula is C14H17N3O2. The predicted molar refractivity (Wildman–Crippen MR) is 73.4 cm³/mol. The Morgan fingerprint density at radius 1 is 1.47 bits per heavy atom. The van der Waals surface area contributed by atoms with Crippen LogP contribution >= 0.6 is 0 Å². The van der Waals surface area contributed by atoms with E-state index in [0.717, 1.165) is 23.4 Å². The highest BCUT2D eigenvalue weighted by molar-refractivity contribution is 5.88. The van der Waals surface area contributed by atoms with Gasteiger partial charge in [-0.15, -0.1) is 0 Å². The van der Waals surface area contributed by atoms with Gasteiger partial charge in [-0.25, -0.2) is 4.79 Å². The molecule has 5 heteroatoms. The molecule has 0 atom stereocenters. The fourth-order valence-electron chi connectivity index (χ4n) is 1.86. The summed E-state index contributed by atoms with van der Waals surface area (Å²) in [6, 6.07) is 5.07. The lowest BCUT2D eigenvalue weighted by molar-refractivity contribution is 0.0697. The first kappa shape index (κ1) is 13.1. The normalized spacial score (nSPS) is 10.4. The van der Waals surface area contributed by atoms with E-state index in [4.69, 9.17) is 5.11 Å². The van der Waals surface area contributed by atoms with Gasteiger partial charge in [0.2, 0.25) is 0 Å². The molecule has 1 aromatic heterocycles. The van der Waals surface area contributed by atoms with Crippen LogP contribution in [0.1, 0.15) is 28.4 Å². The highest BCUT2D eigenvalue weighted by Gasteiger charge is 2.05. The summed E-state index contributed by atoms with van der Waals surface area (Å²) in [5.74, 6) is -0.904. The van der Waals surface area contributed by atoms with Crippen LogP contribution < -0.4 is 5.32 Å². The van der Waals surface area contributed by atoms with Crippen LogP contribution in [-0.2, 0) is 13.1 Å². The fourth-order valence-corrected chi connectivity index (χ4v) is 1.86. The van der Waals surface area contributed by atoms with E-state index in [9.17, 15) is 4.79 Å². The van der Waals surface area contributed by atoms with Gasteiger partial charge < -0.3 is 10.4 Å². The zero-order chi connectivity index (χ0) is 13.8. The van der Waals surface area contributed by atoms with Gasteiger partial charge >= 0.3 is 5.97 Å². The van der Waals surface area contributed by atoms with Crippen LogP contribution in [0.15, 0.2) is 30.6 Å². The van der Waals surface area contributed by atoms with Crippen molar-refractivity contribution in [1.82, 2.24) is 9.78 Å². The molecule has 1 heterocycles. The van der Waals surface area contributed by atoms with Gasteiger partial charge in [0.25, 0.3) is 0 Å². The molecule has 0 aliphatic heterocycles. The monoisotopic (exact) mass is 259 g/mol. The third-order valence-corrected chi connectivity index (χ3v) is 2.97. The molecule has 2 aromatic rings. The Hall–Kier alpha value is -2.30. The molecule has 5 nitrogen and oxygen atoms in total. The van der Waals surface area contributed by atoms with Crippen LogP contribution in [0, 0.1) is 6.92 Å². The quantitative estimate of drug-likeness (QED) is 0.865. The molecular weight excluding hydrogens is 242 g/mol. The first-order chi connectivity index (χ1) is 9.10. The van der Waals surface area contributed by atoms with Gasteiger partial charge in [0, 0.05) is 30.5 Å². The number of benzene rings is 1. The third kappa shape index (κ3) is 3.13. The molecule has 0 saturated heterocycles. The number of carbonyl (C=O) groups is 1. The molecule has 0 radical (unpaired) electrons. The van der Waals surface area contributed by atoms with Crippen molar-refractivity contribution in [3.8, 4) is 0 Å². The van der Waals surface area contributed by atoms with E-state index in [1.807, 2.05) is 30.9 Å². The fraction of sp³-hybridized carbons (Fsp3) is 0.286. The topological polar surface area (TPSA) is 67.2 Å². The summed E-state index contributed by atoms with van der Waals surface area (Å²) in [4.78, 5) is 10.8. The van der Waals surface area contributed by atoms with Crippen molar-refractivity contribution >= 4 is 11.7 Å². The largest absolute Gasteiger partial charge is 0.478 e. The van der Waals surface area contributed by atoms with E-state index < -0.39 is 5.97 Å². The molecule has 0 spiro atoms. The molecule has 2 N–H and O–H groups in total. The Labute approximate surface area is 111 Å². The first-order valence-corrected chi connectivity index (χ1v) is 6.19. The molecule has 0 aliphatic rings. The molecule has 100 valence electrons. The maximum absolute atomic E-state index is 10.8. The Kier molecular flexibility index (Phi) is 3.85. The van der Waals surface area contributed by atoms with Crippen molar-refractivity contribution in [2.24, 2.45) is 0 Å². The van der Waals surface area contributed by atoms with Gasteiger partial charge in [0.05, 0.1) is 11.8 Å². The number of carboxylic acid groups (broad SMARTS) is 1. The van der Waals surface area contributed by atoms with Crippen LogP contribution in [0.2, 0.25) is 0 Å². The number of aromatic carboxylic acids is 1. The maximum atomic E-state index is 10.8. The summed E-state index contributed by atoms with van der Waals surface area (Å²) < 4.78 is 1.87. The minimum atomic E-state index is -0.904. The summed E-state index contributed by atoms with van der Waals surface area (Å²) in [7, 11) is 0. The number of hydrogen-bond donors (Lipinski definition) is 2. The van der Waals surface area contributed by atoms with Gasteiger partial charge in [0.1, 0.15) is 0 Å². The number of hydrogen-bond acceptors (Lipinski definition) is 3. The molecule has 0 bridgehead atoms. The third-order valence-electron chi connectivity index (χ3n) is 2.97. The number of aromatic nitrogens is 2. The van der Waals surface area contributed by atoms with Crippen molar-refractivity contribution in [1.29, 1.82) is 0 Å². The molecule has 0 saturated carbocycles. The molecule has 19 heavy (non-hydrogen) atoms. The number of nitrogens with one attached hydrogen (secondary N) is 1. The van der Waals surface area contributed by atoms with Gasteiger partial charge in [-0.3, -0.25) is 4.68 Å². The lowest BCUT2D eigenvalue weighted by atomic mass is 10.1. The van der Waals surface area contributed by atoms with E-state index in [1.54, 1.807) is 18.2 Å². The molecule has 0 aliphatic carbocycles. The van der Waals surface area contributed by atoms with Crippen molar-refractivity contribution in [2.45, 2.75) is 26.9 Å². The molecule has 0 unspecified atom stereocenters. The Morgan fingerprint density at radius 3 is 2.84 bits per heavy atom. The van der Waals surface area contributed by atoms with E-state index in [0.29, 0.717) is 12.1 Å². The summed E-state index contributed by atoms with van der Waals surface area (Å²) in [6.45, 7) is 5.46. The smallest absolute Gasteiger partial charge is 0.335 e. The maximum Gasteiger partial charge on any atom is 0.335 e. The van der Waals surface area contributed by atoms with E-state index >= 15 is 0 Å². The first-order valence-electron chi connectivity index (χ1n) is 6.19. The van der Waals surface area contributed by atoms with Crippen LogP contribution in [-0.4, -0.2) is 20.9 Å². The average molecular weight is 259 g/mol. The highest BCUT2D eigenvalue weighted by Crippen LogP contribution is 2.17. The summed E-state index contributed by atoms with van der Waals surface area (Å²) >= 11 is 0. The Morgan fingerprint density at radius 2 is 2.26 bits per heavy atom. The molecule has 0 amide bonds. The summed E-state index contributed by atoms with van der Waals surface area (Å²) in [5, 5.41) is 16.4.